The molecule has 0 unspecified atom stereocenters. The molecular weight excluding hydrogens is 210 g/mol. The molecule has 0 aliphatic rings. The maximum absolute atomic E-state index is 5.61. The smallest absolute Gasteiger partial charge is 0.129 e. The molecule has 2 heteroatoms. The average Bonchev–Trinajstić information content (AvgIpc) is 2.34. The molecular formula is C15H21NO. The molecule has 0 radical (unpaired) electrons. The molecule has 0 saturated carbocycles. The van der Waals surface area contributed by atoms with Crippen molar-refractivity contribution in [3.8, 4) is 5.75 Å². The molecule has 0 aliphatic heterocycles. The van der Waals surface area contributed by atoms with Gasteiger partial charge in [-0.05, 0) is 42.8 Å². The van der Waals surface area contributed by atoms with E-state index >= 15 is 0 Å². The summed E-state index contributed by atoms with van der Waals surface area (Å²) in [5.74, 6) is 1.44. The standard InChI is InChI=1S/C13H15NO.C2H6/c1-4-5-13(10(2)3)15-12-8-6-11(14)7-9-12;1-2/h4-9H,1-2,14H2,3H3;1-2H3/b13-5+;. The van der Waals surface area contributed by atoms with Crippen LogP contribution in [0.5, 0.6) is 5.75 Å². The van der Waals surface area contributed by atoms with Crippen molar-refractivity contribution in [1.82, 2.24) is 0 Å². The van der Waals surface area contributed by atoms with Crippen molar-refractivity contribution in [1.29, 1.82) is 0 Å². The zero-order chi connectivity index (χ0) is 13.3. The van der Waals surface area contributed by atoms with Crippen molar-refractivity contribution >= 4 is 5.69 Å². The predicted octanol–water partition coefficient (Wildman–Crippen LogP) is 4.32. The Balaban J connectivity index is 0.00000121. The van der Waals surface area contributed by atoms with E-state index in [9.17, 15) is 0 Å². The Labute approximate surface area is 104 Å². The zero-order valence-electron chi connectivity index (χ0n) is 10.9. The van der Waals surface area contributed by atoms with E-state index in [-0.39, 0.29) is 0 Å². The molecule has 0 saturated heterocycles. The van der Waals surface area contributed by atoms with Crippen LogP contribution in [0, 0.1) is 0 Å². The SMILES string of the molecule is C=C/C=C(/Oc1ccc(N)cc1)C(=C)C.CC. The largest absolute Gasteiger partial charge is 0.457 e. The number of hydrogen-bond donors (Lipinski definition) is 1. The molecule has 2 nitrogen and oxygen atoms in total. The van der Waals surface area contributed by atoms with E-state index in [1.807, 2.05) is 32.9 Å². The maximum Gasteiger partial charge on any atom is 0.129 e. The Hall–Kier alpha value is -1.96. The van der Waals surface area contributed by atoms with E-state index in [0.717, 1.165) is 11.3 Å². The Bertz CT molecular complexity index is 388. The second kappa shape index (κ2) is 8.22. The van der Waals surface area contributed by atoms with Gasteiger partial charge in [0.2, 0.25) is 0 Å². The van der Waals surface area contributed by atoms with Gasteiger partial charge in [-0.3, -0.25) is 0 Å². The lowest BCUT2D eigenvalue weighted by molar-refractivity contribution is 0.437. The molecule has 0 bridgehead atoms. The first kappa shape index (κ1) is 15.0. The van der Waals surface area contributed by atoms with E-state index in [1.54, 1.807) is 24.3 Å². The quantitative estimate of drug-likeness (QED) is 0.476. The second-order valence-electron chi connectivity index (χ2n) is 3.22. The number of nitrogen functional groups attached to an aromatic ring is 1. The normalized spacial score (nSPS) is 9.94. The van der Waals surface area contributed by atoms with E-state index in [1.165, 1.54) is 0 Å². The van der Waals surface area contributed by atoms with Crippen molar-refractivity contribution < 1.29 is 4.74 Å². The number of benzene rings is 1. The minimum Gasteiger partial charge on any atom is -0.457 e. The Morgan fingerprint density at radius 3 is 2.18 bits per heavy atom. The highest BCUT2D eigenvalue weighted by Crippen LogP contribution is 2.18. The van der Waals surface area contributed by atoms with Crippen LogP contribution in [-0.4, -0.2) is 0 Å². The number of ether oxygens (including phenoxy) is 1. The molecule has 1 rings (SSSR count). The number of anilines is 1. The van der Waals surface area contributed by atoms with Gasteiger partial charge in [-0.25, -0.2) is 0 Å². The third kappa shape index (κ3) is 5.61. The Kier molecular flexibility index (Phi) is 7.27. The summed E-state index contributed by atoms with van der Waals surface area (Å²) in [5, 5.41) is 0. The third-order valence-corrected chi connectivity index (χ3v) is 1.80. The van der Waals surface area contributed by atoms with Crippen molar-refractivity contribution in [2.24, 2.45) is 0 Å². The minimum atomic E-state index is 0.703. The van der Waals surface area contributed by atoms with Crippen LogP contribution >= 0.6 is 0 Å². The molecule has 0 atom stereocenters. The number of rotatable bonds is 4. The van der Waals surface area contributed by atoms with Gasteiger partial charge in [-0.1, -0.05) is 33.1 Å². The van der Waals surface area contributed by atoms with Crippen LogP contribution in [-0.2, 0) is 0 Å². The first-order valence-electron chi connectivity index (χ1n) is 5.65. The predicted molar refractivity (Wildman–Crippen MR) is 75.9 cm³/mol. The molecule has 0 spiro atoms. The van der Waals surface area contributed by atoms with Crippen LogP contribution in [0.25, 0.3) is 0 Å². The number of hydrogen-bond acceptors (Lipinski definition) is 2. The third-order valence-electron chi connectivity index (χ3n) is 1.80. The molecule has 0 heterocycles. The van der Waals surface area contributed by atoms with Gasteiger partial charge in [0.25, 0.3) is 0 Å². The monoisotopic (exact) mass is 231 g/mol. The van der Waals surface area contributed by atoms with Crippen LogP contribution in [0.4, 0.5) is 5.69 Å². The summed E-state index contributed by atoms with van der Waals surface area (Å²) in [6, 6.07) is 7.21. The second-order valence-corrected chi connectivity index (χ2v) is 3.22. The summed E-state index contributed by atoms with van der Waals surface area (Å²) in [4.78, 5) is 0. The maximum atomic E-state index is 5.61. The van der Waals surface area contributed by atoms with Crippen LogP contribution in [0.1, 0.15) is 20.8 Å². The van der Waals surface area contributed by atoms with Gasteiger partial charge in [0.15, 0.2) is 0 Å². The molecule has 0 aliphatic carbocycles. The first-order valence-corrected chi connectivity index (χ1v) is 5.65. The summed E-state index contributed by atoms with van der Waals surface area (Å²) in [6.07, 6.45) is 3.44. The molecule has 2 N–H and O–H groups in total. The van der Waals surface area contributed by atoms with Gasteiger partial charge in [0, 0.05) is 5.69 Å². The van der Waals surface area contributed by atoms with E-state index in [2.05, 4.69) is 13.2 Å². The van der Waals surface area contributed by atoms with Gasteiger partial charge in [0.1, 0.15) is 11.5 Å². The van der Waals surface area contributed by atoms with E-state index in [4.69, 9.17) is 10.5 Å². The van der Waals surface area contributed by atoms with Crippen LogP contribution in [0.2, 0.25) is 0 Å². The highest BCUT2D eigenvalue weighted by molar-refractivity contribution is 5.42. The molecule has 0 aromatic heterocycles. The van der Waals surface area contributed by atoms with Gasteiger partial charge in [0.05, 0.1) is 0 Å². The highest BCUT2D eigenvalue weighted by atomic mass is 16.5. The van der Waals surface area contributed by atoms with Gasteiger partial charge < -0.3 is 10.5 Å². The molecule has 92 valence electrons. The Morgan fingerprint density at radius 1 is 1.24 bits per heavy atom. The number of allylic oxidation sites excluding steroid dienone is 3. The first-order chi connectivity index (χ1) is 8.13. The number of nitrogens with two attached hydrogens (primary N) is 1. The lowest BCUT2D eigenvalue weighted by atomic mass is 10.2. The molecule has 1 aromatic rings. The Morgan fingerprint density at radius 2 is 1.76 bits per heavy atom. The minimum absolute atomic E-state index is 0.703. The van der Waals surface area contributed by atoms with Gasteiger partial charge in [-0.2, -0.15) is 0 Å². The molecule has 0 fully saturated rings. The summed E-state index contributed by atoms with van der Waals surface area (Å²) >= 11 is 0. The van der Waals surface area contributed by atoms with Crippen molar-refractivity contribution in [2.45, 2.75) is 20.8 Å². The summed E-state index contributed by atoms with van der Waals surface area (Å²) in [7, 11) is 0. The fraction of sp³-hybridized carbons (Fsp3) is 0.200. The molecule has 1 aromatic carbocycles. The van der Waals surface area contributed by atoms with Crippen molar-refractivity contribution in [2.75, 3.05) is 5.73 Å². The molecule has 17 heavy (non-hydrogen) atoms. The van der Waals surface area contributed by atoms with Crippen LogP contribution in [0.15, 0.2) is 60.9 Å². The topological polar surface area (TPSA) is 35.2 Å². The van der Waals surface area contributed by atoms with E-state index < -0.39 is 0 Å². The highest BCUT2D eigenvalue weighted by Gasteiger charge is 2.00. The van der Waals surface area contributed by atoms with Crippen LogP contribution < -0.4 is 10.5 Å². The summed E-state index contributed by atoms with van der Waals surface area (Å²) in [6.45, 7) is 13.3. The fourth-order valence-corrected chi connectivity index (χ4v) is 1.03. The van der Waals surface area contributed by atoms with Crippen molar-refractivity contribution in [3.05, 3.63) is 60.9 Å². The van der Waals surface area contributed by atoms with E-state index in [0.29, 0.717) is 11.4 Å². The fourth-order valence-electron chi connectivity index (χ4n) is 1.03. The molecule has 0 amide bonds. The summed E-state index contributed by atoms with van der Waals surface area (Å²) in [5.41, 5.74) is 7.14. The van der Waals surface area contributed by atoms with Crippen LogP contribution in [0.3, 0.4) is 0 Å². The lowest BCUT2D eigenvalue weighted by Gasteiger charge is -2.09. The van der Waals surface area contributed by atoms with Gasteiger partial charge >= 0.3 is 0 Å². The lowest BCUT2D eigenvalue weighted by Crippen LogP contribution is -1.96. The summed E-state index contributed by atoms with van der Waals surface area (Å²) < 4.78 is 5.61. The van der Waals surface area contributed by atoms with Gasteiger partial charge in [-0.15, -0.1) is 0 Å². The van der Waals surface area contributed by atoms with Crippen molar-refractivity contribution in [3.63, 3.8) is 0 Å². The average molecular weight is 231 g/mol. The zero-order valence-corrected chi connectivity index (χ0v) is 10.9.